The smallest absolute Gasteiger partial charge is 0.315 e. The van der Waals surface area contributed by atoms with Crippen LogP contribution in [0.15, 0.2) is 36.4 Å². The molecule has 0 unspecified atom stereocenters. The van der Waals surface area contributed by atoms with Gasteiger partial charge in [-0.1, -0.05) is 36.8 Å². The highest BCUT2D eigenvalue weighted by molar-refractivity contribution is 5.73. The van der Waals surface area contributed by atoms with Crippen LogP contribution in [0, 0.1) is 17.0 Å². The molecule has 31 heavy (non-hydrogen) atoms. The van der Waals surface area contributed by atoms with Gasteiger partial charge < -0.3 is 9.47 Å². The van der Waals surface area contributed by atoms with E-state index in [-0.39, 0.29) is 18.0 Å². The van der Waals surface area contributed by atoms with Gasteiger partial charge in [-0.2, -0.15) is 5.10 Å². The van der Waals surface area contributed by atoms with Crippen LogP contribution in [-0.4, -0.2) is 40.2 Å². The molecule has 1 aromatic heterocycles. The summed E-state index contributed by atoms with van der Waals surface area (Å²) < 4.78 is 11.4. The van der Waals surface area contributed by atoms with Crippen LogP contribution in [0.5, 0.6) is 11.5 Å². The summed E-state index contributed by atoms with van der Waals surface area (Å²) in [6.07, 6.45) is 0.882. The van der Waals surface area contributed by atoms with Crippen molar-refractivity contribution in [1.82, 2.24) is 15.1 Å². The maximum Gasteiger partial charge on any atom is 0.315 e. The van der Waals surface area contributed by atoms with Crippen molar-refractivity contribution in [3.05, 3.63) is 68.9 Å². The number of H-pyrrole nitrogens is 1. The fourth-order valence-electron chi connectivity index (χ4n) is 3.97. The molecule has 8 heteroatoms. The van der Waals surface area contributed by atoms with Gasteiger partial charge in [0.15, 0.2) is 5.75 Å². The lowest BCUT2D eigenvalue weighted by atomic mass is 10.00. The van der Waals surface area contributed by atoms with Crippen molar-refractivity contribution in [1.29, 1.82) is 0 Å². The Balaban J connectivity index is 1.71. The second kappa shape index (κ2) is 8.77. The summed E-state index contributed by atoms with van der Waals surface area (Å²) in [5.74, 6) is 0.439. The number of aryl methyl sites for hydroxylation is 1. The molecule has 1 N–H and O–H groups in total. The van der Waals surface area contributed by atoms with Crippen molar-refractivity contribution < 1.29 is 14.4 Å². The number of nitrogens with one attached hydrogen (secondary N) is 1. The maximum atomic E-state index is 11.9. The fourth-order valence-corrected chi connectivity index (χ4v) is 3.97. The third-order valence-corrected chi connectivity index (χ3v) is 5.65. The molecule has 0 atom stereocenters. The van der Waals surface area contributed by atoms with Crippen LogP contribution in [0.4, 0.5) is 5.69 Å². The Bertz CT molecular complexity index is 1110. The quantitative estimate of drug-likeness (QED) is 0.452. The lowest BCUT2D eigenvalue weighted by Gasteiger charge is -2.25. The molecule has 0 spiro atoms. The predicted octanol–water partition coefficient (Wildman–Crippen LogP) is 4.26. The molecule has 2 aromatic carbocycles. The minimum atomic E-state index is -0.435. The summed E-state index contributed by atoms with van der Waals surface area (Å²) >= 11 is 0. The molecule has 0 fully saturated rings. The number of methoxy groups -OCH3 is 1. The maximum absolute atomic E-state index is 11.9. The molecule has 1 aliphatic heterocycles. The van der Waals surface area contributed by atoms with Crippen molar-refractivity contribution in [3.8, 4) is 22.8 Å². The minimum Gasteiger partial charge on any atom is -0.493 e. The zero-order valence-corrected chi connectivity index (χ0v) is 18.0. The lowest BCUT2D eigenvalue weighted by Crippen LogP contribution is -2.30. The van der Waals surface area contributed by atoms with Crippen molar-refractivity contribution in [3.63, 3.8) is 0 Å². The van der Waals surface area contributed by atoms with Gasteiger partial charge in [0.05, 0.1) is 17.7 Å². The molecule has 0 bridgehead atoms. The average Bonchev–Trinajstić information content (AvgIpc) is 3.20. The topological polar surface area (TPSA) is 93.5 Å². The number of benzene rings is 2. The Morgan fingerprint density at radius 3 is 2.84 bits per heavy atom. The monoisotopic (exact) mass is 422 g/mol. The van der Waals surface area contributed by atoms with Gasteiger partial charge in [0.1, 0.15) is 6.61 Å². The van der Waals surface area contributed by atoms with Gasteiger partial charge in [-0.25, -0.2) is 0 Å². The Hall–Kier alpha value is -3.39. The van der Waals surface area contributed by atoms with Gasteiger partial charge in [-0.05, 0) is 25.1 Å². The van der Waals surface area contributed by atoms with E-state index < -0.39 is 4.92 Å². The van der Waals surface area contributed by atoms with E-state index in [1.165, 1.54) is 13.2 Å². The molecule has 1 aliphatic rings. The zero-order valence-electron chi connectivity index (χ0n) is 18.0. The number of rotatable bonds is 7. The number of nitrogens with zero attached hydrogens (tertiary/aromatic N) is 3. The molecular weight excluding hydrogens is 396 g/mol. The number of nitro groups is 1. The Kier molecular flexibility index (Phi) is 5.90. The van der Waals surface area contributed by atoms with E-state index in [2.05, 4.69) is 22.0 Å². The molecule has 162 valence electrons. The highest BCUT2D eigenvalue weighted by Gasteiger charge is 2.27. The van der Waals surface area contributed by atoms with Crippen LogP contribution in [-0.2, 0) is 19.6 Å². The summed E-state index contributed by atoms with van der Waals surface area (Å²) in [5, 5.41) is 19.5. The van der Waals surface area contributed by atoms with Gasteiger partial charge in [-0.3, -0.25) is 20.1 Å². The summed E-state index contributed by atoms with van der Waals surface area (Å²) in [4.78, 5) is 13.8. The van der Waals surface area contributed by atoms with Crippen molar-refractivity contribution >= 4 is 5.69 Å². The predicted molar refractivity (Wildman–Crippen MR) is 117 cm³/mol. The van der Waals surface area contributed by atoms with Crippen LogP contribution in [0.2, 0.25) is 0 Å². The van der Waals surface area contributed by atoms with Crippen LogP contribution < -0.4 is 9.47 Å². The lowest BCUT2D eigenvalue weighted by molar-refractivity contribution is -0.386. The van der Waals surface area contributed by atoms with Gasteiger partial charge in [0.2, 0.25) is 5.75 Å². The third kappa shape index (κ3) is 4.25. The van der Waals surface area contributed by atoms with Gasteiger partial charge in [-0.15, -0.1) is 0 Å². The Labute approximate surface area is 180 Å². The van der Waals surface area contributed by atoms with Crippen molar-refractivity contribution in [2.45, 2.75) is 33.4 Å². The minimum absolute atomic E-state index is 0.123. The summed E-state index contributed by atoms with van der Waals surface area (Å²) in [6, 6.07) is 11.1. The Morgan fingerprint density at radius 1 is 1.29 bits per heavy atom. The number of likely N-dealkylation sites (N-methyl/N-ethyl adjacent to an activating group) is 1. The van der Waals surface area contributed by atoms with Crippen LogP contribution in [0.1, 0.15) is 29.3 Å². The molecule has 0 aliphatic carbocycles. The van der Waals surface area contributed by atoms with E-state index in [9.17, 15) is 10.1 Å². The van der Waals surface area contributed by atoms with Gasteiger partial charge in [0, 0.05) is 42.4 Å². The van der Waals surface area contributed by atoms with E-state index in [1.807, 2.05) is 31.2 Å². The molecule has 2 heterocycles. The first kappa shape index (κ1) is 20.9. The van der Waals surface area contributed by atoms with E-state index in [0.717, 1.165) is 54.1 Å². The first-order valence-electron chi connectivity index (χ1n) is 10.3. The second-order valence-electron chi connectivity index (χ2n) is 7.71. The van der Waals surface area contributed by atoms with Crippen LogP contribution in [0.25, 0.3) is 11.3 Å². The molecule has 8 nitrogen and oxygen atoms in total. The number of hydrogen-bond donors (Lipinski definition) is 1. The number of aromatic nitrogens is 2. The largest absolute Gasteiger partial charge is 0.493 e. The highest BCUT2D eigenvalue weighted by atomic mass is 16.6. The fraction of sp³-hybridized carbons (Fsp3) is 0.348. The molecular formula is C23H26N4O4. The summed E-state index contributed by atoms with van der Waals surface area (Å²) in [7, 11) is 1.49. The van der Waals surface area contributed by atoms with Crippen molar-refractivity contribution in [2.75, 3.05) is 20.2 Å². The zero-order chi connectivity index (χ0) is 22.0. The second-order valence-corrected chi connectivity index (χ2v) is 7.71. The van der Waals surface area contributed by atoms with Crippen molar-refractivity contribution in [2.24, 2.45) is 0 Å². The molecule has 0 radical (unpaired) electrons. The number of nitro benzene ring substituents is 1. The molecule has 0 amide bonds. The Morgan fingerprint density at radius 2 is 2.13 bits per heavy atom. The molecule has 0 saturated carbocycles. The number of fused-ring (bicyclic) bond motifs is 1. The average molecular weight is 422 g/mol. The van der Waals surface area contributed by atoms with E-state index in [1.54, 1.807) is 6.07 Å². The number of aromatic amines is 1. The van der Waals surface area contributed by atoms with E-state index >= 15 is 0 Å². The van der Waals surface area contributed by atoms with Gasteiger partial charge >= 0.3 is 5.69 Å². The van der Waals surface area contributed by atoms with E-state index in [4.69, 9.17) is 9.47 Å². The van der Waals surface area contributed by atoms with E-state index in [0.29, 0.717) is 11.3 Å². The normalized spacial score (nSPS) is 13.6. The van der Waals surface area contributed by atoms with Crippen LogP contribution in [0.3, 0.4) is 0 Å². The summed E-state index contributed by atoms with van der Waals surface area (Å²) in [6.45, 7) is 7.00. The van der Waals surface area contributed by atoms with Crippen LogP contribution >= 0.6 is 0 Å². The standard InChI is InChI=1S/C23H26N4O4/c1-4-26-9-8-19-18(13-26)22(25-24-19)17-11-20(27(28)29)23(21(12-17)30-3)31-14-16-7-5-6-15(2)10-16/h5-7,10-12H,4,8-9,13-14H2,1-3H3,(H,24,25). The first-order chi connectivity index (χ1) is 15.0. The number of hydrogen-bond acceptors (Lipinski definition) is 6. The molecule has 0 saturated heterocycles. The SMILES string of the molecule is CCN1CCc2[nH]nc(-c3cc(OC)c(OCc4cccc(C)c4)c([N+](=O)[O-])c3)c2C1. The molecule has 4 rings (SSSR count). The van der Waals surface area contributed by atoms with Gasteiger partial charge in [0.25, 0.3) is 0 Å². The molecule has 3 aromatic rings. The summed E-state index contributed by atoms with van der Waals surface area (Å²) in [5.41, 5.74) is 5.42. The highest BCUT2D eigenvalue weighted by Crippen LogP contribution is 2.42. The number of ether oxygens (including phenoxy) is 2. The third-order valence-electron chi connectivity index (χ3n) is 5.65. The first-order valence-corrected chi connectivity index (χ1v) is 10.3.